The second-order valence-corrected chi connectivity index (χ2v) is 6.80. The standard InChI is InChI=1S/C20H19NO5/c22-18(21-10-15-11-25-13-20(15,12-21)19(23)24)14-5-4-8-17(9-14)26-16-6-2-1-3-7-16/h1-9,15H,10-13H2,(H,23,24)/t15-,20-/m1/s1. The number of nitrogens with zero attached hydrogens (tertiary/aromatic N) is 1. The lowest BCUT2D eigenvalue weighted by Gasteiger charge is -2.22. The second-order valence-electron chi connectivity index (χ2n) is 6.80. The molecule has 6 nitrogen and oxygen atoms in total. The van der Waals surface area contributed by atoms with Gasteiger partial charge < -0.3 is 19.5 Å². The van der Waals surface area contributed by atoms with Gasteiger partial charge in [0.1, 0.15) is 16.9 Å². The molecule has 2 aromatic rings. The Kier molecular flexibility index (Phi) is 4.12. The van der Waals surface area contributed by atoms with Gasteiger partial charge in [0, 0.05) is 24.6 Å². The highest BCUT2D eigenvalue weighted by Crippen LogP contribution is 2.42. The molecule has 4 rings (SSSR count). The number of carbonyl (C=O) groups is 2. The maximum atomic E-state index is 12.9. The van der Waals surface area contributed by atoms with Gasteiger partial charge in [0.15, 0.2) is 0 Å². The van der Waals surface area contributed by atoms with Crippen molar-refractivity contribution >= 4 is 11.9 Å². The molecule has 1 amide bonds. The Balaban J connectivity index is 1.52. The van der Waals surface area contributed by atoms with Gasteiger partial charge in [0.2, 0.25) is 0 Å². The fourth-order valence-corrected chi connectivity index (χ4v) is 3.69. The molecule has 0 bridgehead atoms. The van der Waals surface area contributed by atoms with Crippen LogP contribution in [0.15, 0.2) is 54.6 Å². The SMILES string of the molecule is O=C(c1cccc(Oc2ccccc2)c1)N1C[C@@H]2COC[C@]2(C(=O)O)C1. The zero-order valence-electron chi connectivity index (χ0n) is 14.1. The Morgan fingerprint density at radius 3 is 2.62 bits per heavy atom. The van der Waals surface area contributed by atoms with Crippen molar-refractivity contribution in [2.75, 3.05) is 26.3 Å². The number of carboxylic acids is 1. The summed E-state index contributed by atoms with van der Waals surface area (Å²) in [5.74, 6) is 0.0233. The molecule has 2 fully saturated rings. The van der Waals surface area contributed by atoms with Crippen molar-refractivity contribution in [1.29, 1.82) is 0 Å². The summed E-state index contributed by atoms with van der Waals surface area (Å²) in [6.45, 7) is 1.12. The molecule has 6 heteroatoms. The van der Waals surface area contributed by atoms with E-state index in [2.05, 4.69) is 0 Å². The zero-order chi connectivity index (χ0) is 18.1. The summed E-state index contributed by atoms with van der Waals surface area (Å²) in [7, 11) is 0. The third-order valence-electron chi connectivity index (χ3n) is 5.15. The first-order valence-corrected chi connectivity index (χ1v) is 8.52. The second kappa shape index (κ2) is 6.46. The molecule has 0 saturated carbocycles. The molecule has 0 spiro atoms. The van der Waals surface area contributed by atoms with Crippen LogP contribution in [0.5, 0.6) is 11.5 Å². The van der Waals surface area contributed by atoms with Gasteiger partial charge in [0.25, 0.3) is 5.91 Å². The summed E-state index contributed by atoms with van der Waals surface area (Å²) in [4.78, 5) is 26.2. The first kappa shape index (κ1) is 16.6. The molecule has 0 aliphatic carbocycles. The Bertz CT molecular complexity index is 837. The monoisotopic (exact) mass is 353 g/mol. The number of hydrogen-bond donors (Lipinski definition) is 1. The number of carbonyl (C=O) groups excluding carboxylic acids is 1. The van der Waals surface area contributed by atoms with E-state index in [0.29, 0.717) is 30.2 Å². The molecule has 0 radical (unpaired) electrons. The maximum absolute atomic E-state index is 12.9. The number of ether oxygens (including phenoxy) is 2. The molecule has 26 heavy (non-hydrogen) atoms. The van der Waals surface area contributed by atoms with Crippen molar-refractivity contribution in [3.63, 3.8) is 0 Å². The van der Waals surface area contributed by atoms with Gasteiger partial charge in [-0.1, -0.05) is 24.3 Å². The van der Waals surface area contributed by atoms with Crippen LogP contribution in [0.2, 0.25) is 0 Å². The highest BCUT2D eigenvalue weighted by Gasteiger charge is 2.57. The zero-order valence-corrected chi connectivity index (χ0v) is 14.1. The number of carboxylic acid groups (broad SMARTS) is 1. The Morgan fingerprint density at radius 1 is 1.12 bits per heavy atom. The minimum atomic E-state index is -0.978. The molecule has 2 aliphatic heterocycles. The van der Waals surface area contributed by atoms with E-state index >= 15 is 0 Å². The van der Waals surface area contributed by atoms with Crippen molar-refractivity contribution in [2.45, 2.75) is 0 Å². The lowest BCUT2D eigenvalue weighted by atomic mass is 9.81. The van der Waals surface area contributed by atoms with E-state index in [-0.39, 0.29) is 25.0 Å². The van der Waals surface area contributed by atoms with Crippen LogP contribution in [0.3, 0.4) is 0 Å². The predicted molar refractivity (Wildman–Crippen MR) is 93.2 cm³/mol. The molecule has 0 unspecified atom stereocenters. The van der Waals surface area contributed by atoms with Gasteiger partial charge in [-0.3, -0.25) is 9.59 Å². The number of amides is 1. The van der Waals surface area contributed by atoms with Crippen molar-refractivity contribution in [2.24, 2.45) is 11.3 Å². The number of aliphatic carboxylic acids is 1. The van der Waals surface area contributed by atoms with Crippen LogP contribution in [0.1, 0.15) is 10.4 Å². The number of benzene rings is 2. The number of likely N-dealkylation sites (tertiary alicyclic amines) is 1. The van der Waals surface area contributed by atoms with Crippen molar-refractivity contribution in [3.05, 3.63) is 60.2 Å². The lowest BCUT2D eigenvalue weighted by molar-refractivity contribution is -0.149. The average molecular weight is 353 g/mol. The third-order valence-corrected chi connectivity index (χ3v) is 5.15. The van der Waals surface area contributed by atoms with Gasteiger partial charge >= 0.3 is 5.97 Å². The van der Waals surface area contributed by atoms with E-state index in [1.807, 2.05) is 30.3 Å². The minimum absolute atomic E-state index is 0.160. The molecule has 2 saturated heterocycles. The van der Waals surface area contributed by atoms with E-state index in [4.69, 9.17) is 9.47 Å². The van der Waals surface area contributed by atoms with Crippen LogP contribution in [0.4, 0.5) is 0 Å². The van der Waals surface area contributed by atoms with Crippen LogP contribution >= 0.6 is 0 Å². The molecule has 2 atom stereocenters. The Labute approximate surface area is 151 Å². The van der Waals surface area contributed by atoms with E-state index in [1.165, 1.54) is 0 Å². The summed E-state index contributed by atoms with van der Waals surface area (Å²) in [6.07, 6.45) is 0. The summed E-state index contributed by atoms with van der Waals surface area (Å²) < 4.78 is 11.1. The summed E-state index contributed by atoms with van der Waals surface area (Å²) in [5.41, 5.74) is -0.492. The number of para-hydroxylation sites is 1. The molecule has 134 valence electrons. The third kappa shape index (κ3) is 2.82. The van der Waals surface area contributed by atoms with E-state index in [9.17, 15) is 14.7 Å². The molecule has 1 N–H and O–H groups in total. The Morgan fingerprint density at radius 2 is 1.88 bits per heavy atom. The first-order valence-electron chi connectivity index (χ1n) is 8.52. The van der Waals surface area contributed by atoms with Gasteiger partial charge in [-0.05, 0) is 30.3 Å². The number of rotatable bonds is 4. The largest absolute Gasteiger partial charge is 0.481 e. The molecular weight excluding hydrogens is 334 g/mol. The normalized spacial score (nSPS) is 24.3. The highest BCUT2D eigenvalue weighted by atomic mass is 16.5. The average Bonchev–Trinajstić information content (AvgIpc) is 3.21. The fourth-order valence-electron chi connectivity index (χ4n) is 3.69. The van der Waals surface area contributed by atoms with Crippen molar-refractivity contribution < 1.29 is 24.2 Å². The van der Waals surface area contributed by atoms with E-state index < -0.39 is 11.4 Å². The van der Waals surface area contributed by atoms with Crippen LogP contribution in [-0.4, -0.2) is 48.2 Å². The molecule has 2 aromatic carbocycles. The maximum Gasteiger partial charge on any atom is 0.314 e. The smallest absolute Gasteiger partial charge is 0.314 e. The highest BCUT2D eigenvalue weighted by molar-refractivity contribution is 5.95. The summed E-state index contributed by atoms with van der Waals surface area (Å²) in [5, 5.41) is 9.61. The van der Waals surface area contributed by atoms with Gasteiger partial charge in [0.05, 0.1) is 13.2 Å². The van der Waals surface area contributed by atoms with E-state index in [1.54, 1.807) is 29.2 Å². The minimum Gasteiger partial charge on any atom is -0.481 e. The molecule has 2 heterocycles. The number of hydrogen-bond acceptors (Lipinski definition) is 4. The van der Waals surface area contributed by atoms with Gasteiger partial charge in [-0.25, -0.2) is 0 Å². The van der Waals surface area contributed by atoms with Crippen LogP contribution < -0.4 is 4.74 Å². The Hall–Kier alpha value is -2.86. The van der Waals surface area contributed by atoms with Gasteiger partial charge in [-0.2, -0.15) is 0 Å². The van der Waals surface area contributed by atoms with Crippen molar-refractivity contribution in [1.82, 2.24) is 4.90 Å². The van der Waals surface area contributed by atoms with Crippen LogP contribution in [0.25, 0.3) is 0 Å². The molecular formula is C20H19NO5. The van der Waals surface area contributed by atoms with E-state index in [0.717, 1.165) is 0 Å². The molecule has 2 aliphatic rings. The van der Waals surface area contributed by atoms with Crippen LogP contribution in [0, 0.1) is 11.3 Å². The van der Waals surface area contributed by atoms with Crippen LogP contribution in [-0.2, 0) is 9.53 Å². The van der Waals surface area contributed by atoms with Gasteiger partial charge in [-0.15, -0.1) is 0 Å². The summed E-state index contributed by atoms with van der Waals surface area (Å²) >= 11 is 0. The first-order chi connectivity index (χ1) is 12.6. The quantitative estimate of drug-likeness (QED) is 0.914. The number of fused-ring (bicyclic) bond motifs is 1. The molecule has 0 aromatic heterocycles. The lowest BCUT2D eigenvalue weighted by Crippen LogP contribution is -2.40. The fraction of sp³-hybridized carbons (Fsp3) is 0.300. The topological polar surface area (TPSA) is 76.1 Å². The van der Waals surface area contributed by atoms with Crippen molar-refractivity contribution in [3.8, 4) is 11.5 Å². The summed E-state index contributed by atoms with van der Waals surface area (Å²) in [6, 6.07) is 16.3. The predicted octanol–water partition coefficient (Wildman–Crippen LogP) is 2.65.